The molecule has 9 heavy (non-hydrogen) atoms. The summed E-state index contributed by atoms with van der Waals surface area (Å²) in [4.78, 5) is 0. The Morgan fingerprint density at radius 3 is 1.78 bits per heavy atom. The molecule has 0 aromatic carbocycles. The van der Waals surface area contributed by atoms with Gasteiger partial charge in [0.2, 0.25) is 0 Å². The molecule has 0 rings (SSSR count). The zero-order valence-corrected chi connectivity index (χ0v) is 8.60. The van der Waals surface area contributed by atoms with Gasteiger partial charge in [0, 0.05) is 0 Å². The third-order valence-corrected chi connectivity index (χ3v) is 3.60. The van der Waals surface area contributed by atoms with Gasteiger partial charge in [0.15, 0.2) is 0 Å². The van der Waals surface area contributed by atoms with Gasteiger partial charge in [-0.15, -0.1) is 0 Å². The van der Waals surface area contributed by atoms with E-state index in [1.54, 1.807) is 0 Å². The van der Waals surface area contributed by atoms with E-state index in [-0.39, 0.29) is 0 Å². The van der Waals surface area contributed by atoms with Gasteiger partial charge in [-0.1, -0.05) is 0 Å². The van der Waals surface area contributed by atoms with E-state index >= 15 is 0 Å². The quantitative estimate of drug-likeness (QED) is 0.567. The number of hydrogen-bond donors (Lipinski definition) is 0. The average Bonchev–Trinajstić information content (AvgIpc) is 1.57. The zero-order chi connectivity index (χ0) is 7.57. The van der Waals surface area contributed by atoms with Crippen LogP contribution in [0.5, 0.6) is 0 Å². The van der Waals surface area contributed by atoms with Crippen LogP contribution in [-0.2, 0) is 0 Å². The Bertz CT molecular complexity index is 81.6. The molecular weight excluding hydrogens is 151 g/mol. The van der Waals surface area contributed by atoms with E-state index in [9.17, 15) is 0 Å². The summed E-state index contributed by atoms with van der Waals surface area (Å²) in [5.74, 6) is -1.66. The van der Waals surface area contributed by atoms with E-state index in [1.165, 1.54) is 19.0 Å². The van der Waals surface area contributed by atoms with Crippen LogP contribution >= 0.6 is 17.2 Å². The van der Waals surface area contributed by atoms with Crippen molar-refractivity contribution in [1.29, 1.82) is 0 Å². The number of rotatable bonds is 3. The second-order valence-electron chi connectivity index (χ2n) is 3.99. The molecule has 0 bridgehead atoms. The normalized spacial score (nSPS) is 16.8. The van der Waals surface area contributed by atoms with Crippen molar-refractivity contribution in [3.63, 3.8) is 0 Å². The number of unbranched alkanes of at least 4 members (excludes halogenated alkanes) is 1. The molecule has 0 spiro atoms. The Morgan fingerprint density at radius 1 is 1.22 bits per heavy atom. The Morgan fingerprint density at radius 2 is 1.67 bits per heavy atom. The van der Waals surface area contributed by atoms with Crippen molar-refractivity contribution in [3.05, 3.63) is 0 Å². The van der Waals surface area contributed by atoms with E-state index in [0.29, 0.717) is 0 Å². The van der Waals surface area contributed by atoms with Crippen LogP contribution in [0.25, 0.3) is 0 Å². The van der Waals surface area contributed by atoms with Crippen molar-refractivity contribution in [2.75, 3.05) is 26.2 Å². The second-order valence-corrected chi connectivity index (χ2v) is 14.0. The Kier molecular flexibility index (Phi) is 2.98. The predicted octanol–water partition coefficient (Wildman–Crippen LogP) is 3.38. The van der Waals surface area contributed by atoms with Crippen molar-refractivity contribution < 1.29 is 0 Å². The number of halogens is 1. The fraction of sp³-hybridized carbons (Fsp3) is 1.00. The van der Waals surface area contributed by atoms with Gasteiger partial charge in [0.25, 0.3) is 0 Å². The Hall–Kier alpha value is 0.720. The first kappa shape index (κ1) is 9.72. The maximum atomic E-state index is 6.30. The molecule has 2 heteroatoms. The summed E-state index contributed by atoms with van der Waals surface area (Å²) in [5.41, 5.74) is 0. The third kappa shape index (κ3) is 8.72. The van der Waals surface area contributed by atoms with Gasteiger partial charge in [0.05, 0.1) is 0 Å². The van der Waals surface area contributed by atoms with E-state index in [0.717, 1.165) is 0 Å². The Labute approximate surface area is 63.7 Å². The molecule has 0 saturated carbocycles. The van der Waals surface area contributed by atoms with E-state index < -0.39 is 5.96 Å². The molecule has 0 aliphatic rings. The molecule has 0 fully saturated rings. The van der Waals surface area contributed by atoms with E-state index in [4.69, 9.17) is 11.2 Å². The van der Waals surface area contributed by atoms with Crippen LogP contribution in [0.2, 0.25) is 0 Å². The summed E-state index contributed by atoms with van der Waals surface area (Å²) >= 11 is 6.30. The molecule has 0 aliphatic heterocycles. The molecule has 0 unspecified atom stereocenters. The van der Waals surface area contributed by atoms with E-state index in [1.807, 2.05) is 0 Å². The molecule has 0 nitrogen and oxygen atoms in total. The molecule has 0 aromatic heterocycles. The van der Waals surface area contributed by atoms with Crippen LogP contribution in [0, 0.1) is 0 Å². The maximum absolute atomic E-state index is 6.30. The van der Waals surface area contributed by atoms with Crippen LogP contribution in [0.3, 0.4) is 0 Å². The van der Waals surface area contributed by atoms with Crippen LogP contribution in [0.4, 0.5) is 0 Å². The summed E-state index contributed by atoms with van der Waals surface area (Å²) in [6.07, 6.45) is 3.77. The van der Waals surface area contributed by atoms with Gasteiger partial charge in [-0.05, 0) is 0 Å². The van der Waals surface area contributed by atoms with Crippen molar-refractivity contribution in [2.24, 2.45) is 0 Å². The summed E-state index contributed by atoms with van der Waals surface area (Å²) in [6.45, 7) is 8.84. The third-order valence-electron chi connectivity index (χ3n) is 1.27. The topological polar surface area (TPSA) is 0 Å². The molecular formula is C7H18ClP. The standard InChI is InChI=1S/C7H18ClP/c1-5-6-7-9(2,3,4)8/h5-7H2,1-4H3. The summed E-state index contributed by atoms with van der Waals surface area (Å²) in [6, 6.07) is 0. The molecule has 0 aliphatic carbocycles. The van der Waals surface area contributed by atoms with E-state index in [2.05, 4.69) is 26.9 Å². The predicted molar refractivity (Wildman–Crippen MR) is 50.3 cm³/mol. The average molecular weight is 169 g/mol. The molecule has 0 radical (unpaired) electrons. The van der Waals surface area contributed by atoms with Gasteiger partial charge in [-0.25, -0.2) is 0 Å². The summed E-state index contributed by atoms with van der Waals surface area (Å²) in [5, 5.41) is 0. The molecule has 0 aromatic rings. The van der Waals surface area contributed by atoms with Crippen molar-refractivity contribution in [3.8, 4) is 0 Å². The molecule has 0 N–H and O–H groups in total. The van der Waals surface area contributed by atoms with Gasteiger partial charge >= 0.3 is 63.1 Å². The SMILES string of the molecule is CCCCP(C)(C)(C)Cl. The minimum absolute atomic E-state index is 1.23. The van der Waals surface area contributed by atoms with Crippen LogP contribution in [0.1, 0.15) is 19.8 Å². The fourth-order valence-electron chi connectivity index (χ4n) is 0.692. The minimum atomic E-state index is -1.66. The van der Waals surface area contributed by atoms with Gasteiger partial charge in [-0.3, -0.25) is 0 Å². The van der Waals surface area contributed by atoms with Crippen molar-refractivity contribution in [2.45, 2.75) is 19.8 Å². The molecule has 58 valence electrons. The first-order valence-electron chi connectivity index (χ1n) is 3.53. The van der Waals surface area contributed by atoms with Crippen molar-refractivity contribution in [1.82, 2.24) is 0 Å². The zero-order valence-electron chi connectivity index (χ0n) is 6.95. The first-order valence-corrected chi connectivity index (χ1v) is 8.20. The number of hydrogen-bond acceptors (Lipinski definition) is 0. The fourth-order valence-corrected chi connectivity index (χ4v) is 2.44. The van der Waals surface area contributed by atoms with Crippen LogP contribution < -0.4 is 0 Å². The monoisotopic (exact) mass is 168 g/mol. The first-order chi connectivity index (χ1) is 3.81. The second kappa shape index (κ2) is 2.76. The summed E-state index contributed by atoms with van der Waals surface area (Å²) in [7, 11) is 0. The van der Waals surface area contributed by atoms with Crippen molar-refractivity contribution >= 4 is 17.2 Å². The summed E-state index contributed by atoms with van der Waals surface area (Å²) < 4.78 is 0. The van der Waals surface area contributed by atoms with Gasteiger partial charge < -0.3 is 0 Å². The molecule has 0 amide bonds. The van der Waals surface area contributed by atoms with Crippen LogP contribution in [-0.4, -0.2) is 26.2 Å². The van der Waals surface area contributed by atoms with Gasteiger partial charge in [0.1, 0.15) is 0 Å². The van der Waals surface area contributed by atoms with Gasteiger partial charge in [-0.2, -0.15) is 0 Å². The Balaban J connectivity index is 3.60. The molecule has 0 saturated heterocycles. The van der Waals surface area contributed by atoms with Crippen LogP contribution in [0.15, 0.2) is 0 Å². The molecule has 0 atom stereocenters. The molecule has 0 heterocycles.